The first-order valence-electron chi connectivity index (χ1n) is 13.7. The molecule has 6 heteroatoms. The van der Waals surface area contributed by atoms with Crippen molar-refractivity contribution in [1.29, 1.82) is 0 Å². The fourth-order valence-corrected chi connectivity index (χ4v) is 7.04. The second kappa shape index (κ2) is 9.95. The summed E-state index contributed by atoms with van der Waals surface area (Å²) in [4.78, 5) is 25.2. The number of halogens is 1. The van der Waals surface area contributed by atoms with Crippen LogP contribution in [-0.4, -0.2) is 28.5 Å². The third-order valence-corrected chi connectivity index (χ3v) is 9.35. The normalized spacial score (nSPS) is 22.8. The van der Waals surface area contributed by atoms with Crippen molar-refractivity contribution in [2.75, 3.05) is 7.11 Å². The summed E-state index contributed by atoms with van der Waals surface area (Å²) in [6, 6.07) is 20.0. The number of carbonyl (C=O) groups is 2. The predicted octanol–water partition coefficient (Wildman–Crippen LogP) is 7.94. The largest absolute Gasteiger partial charge is 0.497 e. The third-order valence-electron chi connectivity index (χ3n) is 9.02. The minimum atomic E-state index is -0.0858. The van der Waals surface area contributed by atoms with Crippen LogP contribution in [0, 0.1) is 17.3 Å². The van der Waals surface area contributed by atoms with Crippen LogP contribution in [0.3, 0.4) is 0 Å². The van der Waals surface area contributed by atoms with Crippen molar-refractivity contribution in [3.8, 4) is 16.9 Å². The van der Waals surface area contributed by atoms with Gasteiger partial charge in [0, 0.05) is 23.3 Å². The molecule has 0 aliphatic heterocycles. The molecule has 0 saturated heterocycles. The molecular formula is C33H33ClN2O3. The van der Waals surface area contributed by atoms with Crippen LogP contribution in [0.1, 0.15) is 67.9 Å². The number of ketones is 2. The quantitative estimate of drug-likeness (QED) is 0.213. The van der Waals surface area contributed by atoms with E-state index < -0.39 is 0 Å². The standard InChI is InChI=1S/C33H33ClN2O3/c1-20(23-7-9-24(10-8-23)25-5-4-6-27(14-25)39-3)36-32-28(11-12-30(34)29(32)19-35-36)31(38)13-22-15-33(16-22)17-26(18-33)21(2)37/h4-12,14,19-20,22,26H,13,15-18H2,1-3H3. The SMILES string of the molecule is COc1cccc(-c2ccc(C(C)n3ncc4c(Cl)ccc(C(=O)CC5CC6(C5)CC(C(C)=O)C6)c43)cc2)c1. The number of methoxy groups -OCH3 is 1. The van der Waals surface area contributed by atoms with Gasteiger partial charge in [-0.3, -0.25) is 14.3 Å². The lowest BCUT2D eigenvalue weighted by atomic mass is 9.47. The van der Waals surface area contributed by atoms with Crippen LogP contribution < -0.4 is 4.74 Å². The van der Waals surface area contributed by atoms with E-state index in [4.69, 9.17) is 21.4 Å². The van der Waals surface area contributed by atoms with E-state index in [-0.39, 0.29) is 17.7 Å². The Morgan fingerprint density at radius 2 is 1.79 bits per heavy atom. The maximum absolute atomic E-state index is 13.6. The first-order chi connectivity index (χ1) is 18.8. The molecule has 1 spiro atoms. The topological polar surface area (TPSA) is 61.2 Å². The molecule has 0 bridgehead atoms. The van der Waals surface area contributed by atoms with Crippen molar-refractivity contribution in [3.63, 3.8) is 0 Å². The number of fused-ring (bicyclic) bond motifs is 1. The zero-order chi connectivity index (χ0) is 27.3. The number of carbonyl (C=O) groups excluding carboxylic acids is 2. The van der Waals surface area contributed by atoms with Crippen LogP contribution in [0.5, 0.6) is 5.75 Å². The third kappa shape index (κ3) is 4.67. The molecule has 6 rings (SSSR count). The number of aromatic nitrogens is 2. The fourth-order valence-electron chi connectivity index (χ4n) is 6.84. The van der Waals surface area contributed by atoms with E-state index in [2.05, 4.69) is 37.3 Å². The Hall–Kier alpha value is -3.44. The summed E-state index contributed by atoms with van der Waals surface area (Å²) in [5.41, 5.74) is 5.08. The second-order valence-electron chi connectivity index (χ2n) is 11.6. The molecule has 1 heterocycles. The predicted molar refractivity (Wildman–Crippen MR) is 154 cm³/mol. The average molecular weight is 541 g/mol. The Morgan fingerprint density at radius 3 is 2.49 bits per heavy atom. The van der Waals surface area contributed by atoms with Gasteiger partial charge in [-0.1, -0.05) is 48.0 Å². The minimum Gasteiger partial charge on any atom is -0.497 e. The van der Waals surface area contributed by atoms with Crippen molar-refractivity contribution in [1.82, 2.24) is 9.78 Å². The molecule has 2 aliphatic carbocycles. The Kier molecular flexibility index (Phi) is 6.58. The number of nitrogens with zero attached hydrogens (tertiary/aromatic N) is 2. The van der Waals surface area contributed by atoms with E-state index in [0.717, 1.165) is 59.0 Å². The highest BCUT2D eigenvalue weighted by atomic mass is 35.5. The van der Waals surface area contributed by atoms with Crippen LogP contribution in [-0.2, 0) is 4.79 Å². The highest BCUT2D eigenvalue weighted by Gasteiger charge is 2.53. The van der Waals surface area contributed by atoms with Crippen molar-refractivity contribution >= 4 is 34.1 Å². The molecule has 39 heavy (non-hydrogen) atoms. The highest BCUT2D eigenvalue weighted by molar-refractivity contribution is 6.36. The maximum atomic E-state index is 13.6. The molecule has 1 atom stereocenters. The van der Waals surface area contributed by atoms with E-state index in [1.54, 1.807) is 20.2 Å². The Morgan fingerprint density at radius 1 is 1.05 bits per heavy atom. The van der Waals surface area contributed by atoms with Gasteiger partial charge in [0.1, 0.15) is 11.5 Å². The molecular weight excluding hydrogens is 508 g/mol. The summed E-state index contributed by atoms with van der Waals surface area (Å²) in [6.45, 7) is 3.79. The molecule has 1 aromatic heterocycles. The zero-order valence-corrected chi connectivity index (χ0v) is 23.4. The van der Waals surface area contributed by atoms with Gasteiger partial charge in [-0.2, -0.15) is 5.10 Å². The van der Waals surface area contributed by atoms with Gasteiger partial charge in [-0.25, -0.2) is 0 Å². The molecule has 0 N–H and O–H groups in total. The number of hydrogen-bond donors (Lipinski definition) is 0. The van der Waals surface area contributed by atoms with Crippen LogP contribution in [0.2, 0.25) is 5.02 Å². The fraction of sp³-hybridized carbons (Fsp3) is 0.364. The zero-order valence-electron chi connectivity index (χ0n) is 22.6. The van der Waals surface area contributed by atoms with Gasteiger partial charge >= 0.3 is 0 Å². The summed E-state index contributed by atoms with van der Waals surface area (Å²) in [6.07, 6.45) is 6.39. The Balaban J connectivity index is 1.22. The molecule has 2 fully saturated rings. The molecule has 200 valence electrons. The molecule has 2 saturated carbocycles. The van der Waals surface area contributed by atoms with Gasteiger partial charge in [0.15, 0.2) is 5.78 Å². The Bertz CT molecular complexity index is 1560. The minimum absolute atomic E-state index is 0.0858. The van der Waals surface area contributed by atoms with Crippen molar-refractivity contribution < 1.29 is 14.3 Å². The van der Waals surface area contributed by atoms with Gasteiger partial charge in [0.2, 0.25) is 0 Å². The van der Waals surface area contributed by atoms with E-state index in [1.807, 2.05) is 35.0 Å². The lowest BCUT2D eigenvalue weighted by Crippen LogP contribution is -2.49. The maximum Gasteiger partial charge on any atom is 0.165 e. The number of hydrogen-bond acceptors (Lipinski definition) is 4. The summed E-state index contributed by atoms with van der Waals surface area (Å²) in [5.74, 6) is 1.89. The van der Waals surface area contributed by atoms with Crippen molar-refractivity contribution in [2.45, 2.75) is 52.0 Å². The number of ether oxygens (including phenoxy) is 1. The number of rotatable bonds is 8. The lowest BCUT2D eigenvalue weighted by Gasteiger charge is -2.57. The van der Waals surface area contributed by atoms with Crippen LogP contribution >= 0.6 is 11.6 Å². The van der Waals surface area contributed by atoms with Crippen LogP contribution in [0.4, 0.5) is 0 Å². The second-order valence-corrected chi connectivity index (χ2v) is 12.0. The molecule has 2 aliphatic rings. The summed E-state index contributed by atoms with van der Waals surface area (Å²) < 4.78 is 7.30. The first kappa shape index (κ1) is 25.8. The van der Waals surface area contributed by atoms with Crippen LogP contribution in [0.25, 0.3) is 22.0 Å². The van der Waals surface area contributed by atoms with Gasteiger partial charge in [-0.15, -0.1) is 0 Å². The molecule has 4 aromatic rings. The van der Waals surface area contributed by atoms with Gasteiger partial charge in [0.25, 0.3) is 0 Å². The lowest BCUT2D eigenvalue weighted by molar-refractivity contribution is -0.136. The molecule has 0 amide bonds. The van der Waals surface area contributed by atoms with Crippen molar-refractivity contribution in [3.05, 3.63) is 83.0 Å². The van der Waals surface area contributed by atoms with E-state index in [1.165, 1.54) is 0 Å². The van der Waals surface area contributed by atoms with E-state index in [0.29, 0.717) is 34.1 Å². The van der Waals surface area contributed by atoms with Gasteiger partial charge in [0.05, 0.1) is 29.9 Å². The van der Waals surface area contributed by atoms with Gasteiger partial charge in [-0.05, 0) is 91.8 Å². The van der Waals surface area contributed by atoms with E-state index in [9.17, 15) is 9.59 Å². The summed E-state index contributed by atoms with van der Waals surface area (Å²) in [5, 5.41) is 6.09. The van der Waals surface area contributed by atoms with E-state index >= 15 is 0 Å². The molecule has 1 unspecified atom stereocenters. The number of Topliss-reactive ketones (excluding diaryl/α,β-unsaturated/α-hetero) is 2. The van der Waals surface area contributed by atoms with Crippen molar-refractivity contribution in [2.24, 2.45) is 17.3 Å². The number of benzene rings is 3. The Labute approximate surface area is 234 Å². The molecule has 0 radical (unpaired) electrons. The first-order valence-corrected chi connectivity index (χ1v) is 14.1. The van der Waals surface area contributed by atoms with Crippen LogP contribution in [0.15, 0.2) is 66.9 Å². The smallest absolute Gasteiger partial charge is 0.165 e. The summed E-state index contributed by atoms with van der Waals surface area (Å²) >= 11 is 6.56. The summed E-state index contributed by atoms with van der Waals surface area (Å²) in [7, 11) is 1.67. The van der Waals surface area contributed by atoms with Gasteiger partial charge < -0.3 is 4.74 Å². The highest BCUT2D eigenvalue weighted by Crippen LogP contribution is 2.62. The average Bonchev–Trinajstić information content (AvgIpc) is 3.35. The molecule has 3 aromatic carbocycles. The molecule has 5 nitrogen and oxygen atoms in total. The monoisotopic (exact) mass is 540 g/mol.